The zero-order valence-corrected chi connectivity index (χ0v) is 26.3. The fourth-order valence-corrected chi connectivity index (χ4v) is 4.75. The predicted molar refractivity (Wildman–Crippen MR) is 171 cm³/mol. The zero-order valence-electron chi connectivity index (χ0n) is 25.3. The van der Waals surface area contributed by atoms with E-state index in [2.05, 4.69) is 58.0 Å². The summed E-state index contributed by atoms with van der Waals surface area (Å²) >= 11 is 0. The molecule has 0 unspecified atom stereocenters. The van der Waals surface area contributed by atoms with Crippen LogP contribution in [0.1, 0.15) is 128 Å². The van der Waals surface area contributed by atoms with Crippen molar-refractivity contribution in [2.24, 2.45) is 9.98 Å². The minimum Gasteiger partial charge on any atom is -0.252 e. The molecule has 0 aliphatic rings. The quantitative estimate of drug-likeness (QED) is 0.0855. The molecule has 0 saturated carbocycles. The van der Waals surface area contributed by atoms with Gasteiger partial charge in [-0.2, -0.15) is 0 Å². The third-order valence-electron chi connectivity index (χ3n) is 7.41. The molecule has 0 saturated heterocycles. The standard InChI is InChI=1S/C36H54N2.Ni/c1-5-6-7-8-9-10-11-12-13-14-15-16-17-18-19-20-24-27-36(33(4)37-34-25-22-21-23-26-34)38-35-29-28-31(2)32(3)30-35;/h21-30H,5-20H2,1-4H3;. The van der Waals surface area contributed by atoms with Gasteiger partial charge >= 0.3 is 0 Å². The number of aryl methyl sites for hydroxylation is 2. The van der Waals surface area contributed by atoms with Crippen molar-refractivity contribution in [1.82, 2.24) is 0 Å². The van der Waals surface area contributed by atoms with Gasteiger partial charge in [0.2, 0.25) is 0 Å². The summed E-state index contributed by atoms with van der Waals surface area (Å²) in [5.41, 5.74) is 6.41. The molecule has 0 heterocycles. The summed E-state index contributed by atoms with van der Waals surface area (Å²) in [6.07, 6.45) is 26.6. The number of aliphatic imine (C=N–C) groups is 2. The van der Waals surface area contributed by atoms with Crippen LogP contribution in [-0.2, 0) is 16.5 Å². The maximum atomic E-state index is 4.97. The molecule has 39 heavy (non-hydrogen) atoms. The molecular formula is C36H54N2Ni. The molecule has 0 N–H and O–H groups in total. The van der Waals surface area contributed by atoms with Crippen LogP contribution in [0.4, 0.5) is 11.4 Å². The summed E-state index contributed by atoms with van der Waals surface area (Å²) in [7, 11) is 0. The number of hydrogen-bond donors (Lipinski definition) is 0. The molecule has 0 aromatic heterocycles. The number of nitrogens with zero attached hydrogens (tertiary/aromatic N) is 2. The average molecular weight is 574 g/mol. The summed E-state index contributed by atoms with van der Waals surface area (Å²) in [6, 6.07) is 16.6. The summed E-state index contributed by atoms with van der Waals surface area (Å²) in [5.74, 6) is 0. The Balaban J connectivity index is 0.00000760. The topological polar surface area (TPSA) is 24.7 Å². The van der Waals surface area contributed by atoms with E-state index in [0.29, 0.717) is 0 Å². The van der Waals surface area contributed by atoms with Gasteiger partial charge in [-0.05, 0) is 75.1 Å². The van der Waals surface area contributed by atoms with E-state index in [1.54, 1.807) is 0 Å². The molecule has 2 rings (SSSR count). The molecule has 0 radical (unpaired) electrons. The van der Waals surface area contributed by atoms with E-state index < -0.39 is 0 Å². The molecule has 0 bridgehead atoms. The number of allylic oxidation sites excluding steroid dienone is 2. The van der Waals surface area contributed by atoms with Gasteiger partial charge in [0.15, 0.2) is 0 Å². The molecule has 218 valence electrons. The van der Waals surface area contributed by atoms with Crippen LogP contribution in [0.2, 0.25) is 0 Å². The van der Waals surface area contributed by atoms with Crippen molar-refractivity contribution in [1.29, 1.82) is 0 Å². The van der Waals surface area contributed by atoms with Crippen LogP contribution >= 0.6 is 0 Å². The zero-order chi connectivity index (χ0) is 27.3. The Morgan fingerprint density at radius 3 is 1.69 bits per heavy atom. The number of rotatable bonds is 20. The van der Waals surface area contributed by atoms with Gasteiger partial charge in [0, 0.05) is 16.5 Å². The smallest absolute Gasteiger partial charge is 0.0845 e. The first-order chi connectivity index (χ1) is 18.6. The van der Waals surface area contributed by atoms with Crippen LogP contribution in [0, 0.1) is 13.8 Å². The van der Waals surface area contributed by atoms with Gasteiger partial charge in [-0.1, -0.05) is 127 Å². The largest absolute Gasteiger partial charge is 0.252 e. The number of para-hydroxylation sites is 1. The summed E-state index contributed by atoms with van der Waals surface area (Å²) in [4.78, 5) is 9.79. The SMILES string of the molecule is CCCCCCCCCCCCCCCCCC=CC(=Nc1ccc(C)c(C)c1)C(C)=Nc1ccccc1.[Ni]. The molecule has 0 aliphatic heterocycles. The maximum absolute atomic E-state index is 4.97. The summed E-state index contributed by atoms with van der Waals surface area (Å²) in [6.45, 7) is 8.64. The van der Waals surface area contributed by atoms with E-state index in [0.717, 1.165) is 29.2 Å². The molecule has 3 heteroatoms. The van der Waals surface area contributed by atoms with Gasteiger partial charge in [0.25, 0.3) is 0 Å². The van der Waals surface area contributed by atoms with E-state index in [1.165, 1.54) is 107 Å². The van der Waals surface area contributed by atoms with E-state index >= 15 is 0 Å². The third-order valence-corrected chi connectivity index (χ3v) is 7.41. The Kier molecular flexibility index (Phi) is 20.5. The fraction of sp³-hybridized carbons (Fsp3) is 0.556. The van der Waals surface area contributed by atoms with E-state index in [1.807, 2.05) is 30.3 Å². The van der Waals surface area contributed by atoms with Crippen LogP contribution in [0.25, 0.3) is 0 Å². The second-order valence-electron chi connectivity index (χ2n) is 10.9. The van der Waals surface area contributed by atoms with Gasteiger partial charge in [-0.15, -0.1) is 0 Å². The molecule has 2 aromatic rings. The Morgan fingerprint density at radius 1 is 0.615 bits per heavy atom. The molecular weight excluding hydrogens is 519 g/mol. The summed E-state index contributed by atoms with van der Waals surface area (Å²) in [5, 5.41) is 0. The Labute approximate surface area is 250 Å². The second kappa shape index (κ2) is 22.8. The minimum absolute atomic E-state index is 0. The first-order valence-electron chi connectivity index (χ1n) is 15.5. The van der Waals surface area contributed by atoms with Crippen molar-refractivity contribution in [3.05, 3.63) is 71.8 Å². The normalized spacial score (nSPS) is 12.2. The predicted octanol–water partition coefficient (Wildman–Crippen LogP) is 12.0. The van der Waals surface area contributed by atoms with Crippen LogP contribution in [0.3, 0.4) is 0 Å². The molecule has 0 atom stereocenters. The molecule has 0 aliphatic carbocycles. The molecule has 0 fully saturated rings. The van der Waals surface area contributed by atoms with Crippen molar-refractivity contribution in [2.45, 2.75) is 130 Å². The minimum atomic E-state index is 0. The summed E-state index contributed by atoms with van der Waals surface area (Å²) < 4.78 is 0. The number of unbranched alkanes of at least 4 members (excludes halogenated alkanes) is 15. The maximum Gasteiger partial charge on any atom is 0.0845 e. The Morgan fingerprint density at radius 2 is 1.15 bits per heavy atom. The second-order valence-corrected chi connectivity index (χ2v) is 10.9. The first kappa shape index (κ1) is 35.0. The Bertz CT molecular complexity index is 975. The molecule has 0 spiro atoms. The van der Waals surface area contributed by atoms with Gasteiger partial charge in [0.05, 0.1) is 22.8 Å². The number of benzene rings is 2. The van der Waals surface area contributed by atoms with Crippen molar-refractivity contribution in [2.75, 3.05) is 0 Å². The van der Waals surface area contributed by atoms with E-state index in [9.17, 15) is 0 Å². The molecule has 0 amide bonds. The third kappa shape index (κ3) is 16.7. The van der Waals surface area contributed by atoms with Crippen LogP contribution in [-0.4, -0.2) is 11.4 Å². The molecule has 2 nitrogen and oxygen atoms in total. The first-order valence-corrected chi connectivity index (χ1v) is 15.5. The molecule has 2 aromatic carbocycles. The van der Waals surface area contributed by atoms with Gasteiger partial charge in [-0.25, -0.2) is 4.99 Å². The van der Waals surface area contributed by atoms with Crippen LogP contribution < -0.4 is 0 Å². The van der Waals surface area contributed by atoms with Crippen molar-refractivity contribution in [3.8, 4) is 0 Å². The van der Waals surface area contributed by atoms with Gasteiger partial charge < -0.3 is 0 Å². The van der Waals surface area contributed by atoms with E-state index in [-0.39, 0.29) is 16.5 Å². The average Bonchev–Trinajstić information content (AvgIpc) is 2.92. The van der Waals surface area contributed by atoms with Crippen molar-refractivity contribution in [3.63, 3.8) is 0 Å². The van der Waals surface area contributed by atoms with Crippen molar-refractivity contribution < 1.29 is 16.5 Å². The van der Waals surface area contributed by atoms with Crippen LogP contribution in [0.5, 0.6) is 0 Å². The van der Waals surface area contributed by atoms with Gasteiger partial charge in [-0.3, -0.25) is 4.99 Å². The van der Waals surface area contributed by atoms with Crippen LogP contribution in [0.15, 0.2) is 70.7 Å². The monoisotopic (exact) mass is 572 g/mol. The van der Waals surface area contributed by atoms with Gasteiger partial charge in [0.1, 0.15) is 0 Å². The van der Waals surface area contributed by atoms with Crippen molar-refractivity contribution >= 4 is 22.8 Å². The number of hydrogen-bond acceptors (Lipinski definition) is 2. The fourth-order valence-electron chi connectivity index (χ4n) is 4.75. The van der Waals surface area contributed by atoms with E-state index in [4.69, 9.17) is 9.98 Å². The Hall–Kier alpha value is -1.99.